The molecule has 2 amide bonds. The van der Waals surface area contributed by atoms with Crippen LogP contribution in [0.1, 0.15) is 57.7 Å². The molecule has 0 fully saturated rings. The number of carbonyl (C=O) groups excluding carboxylic acids is 3. The van der Waals surface area contributed by atoms with Gasteiger partial charge in [0.1, 0.15) is 5.00 Å². The largest absolute Gasteiger partial charge is 0.452 e. The van der Waals surface area contributed by atoms with E-state index in [1.54, 1.807) is 6.92 Å². The zero-order valence-electron chi connectivity index (χ0n) is 16.3. The second-order valence-corrected chi connectivity index (χ2v) is 8.18. The van der Waals surface area contributed by atoms with Crippen LogP contribution in [0.4, 0.5) is 5.00 Å². The molecule has 0 unspecified atom stereocenters. The maximum Gasteiger partial charge on any atom is 0.341 e. The third-order valence-electron chi connectivity index (χ3n) is 4.92. The maximum atomic E-state index is 12.5. The van der Waals surface area contributed by atoms with E-state index in [1.807, 2.05) is 25.1 Å². The smallest absolute Gasteiger partial charge is 0.341 e. The highest BCUT2D eigenvalue weighted by molar-refractivity contribution is 7.16. The Balaban J connectivity index is 1.63. The van der Waals surface area contributed by atoms with Crippen LogP contribution in [-0.2, 0) is 20.7 Å². The van der Waals surface area contributed by atoms with E-state index >= 15 is 0 Å². The van der Waals surface area contributed by atoms with E-state index in [-0.39, 0.29) is 24.5 Å². The molecule has 0 aliphatic heterocycles. The van der Waals surface area contributed by atoms with Crippen molar-refractivity contribution in [1.82, 2.24) is 5.32 Å². The van der Waals surface area contributed by atoms with Gasteiger partial charge in [0.05, 0.1) is 11.6 Å². The first-order valence-electron chi connectivity index (χ1n) is 9.28. The zero-order chi connectivity index (χ0) is 20.3. The molecule has 1 atom stereocenters. The molecule has 2 N–H and O–H groups in total. The zero-order valence-corrected chi connectivity index (χ0v) is 17.1. The van der Waals surface area contributed by atoms with Crippen molar-refractivity contribution in [3.63, 3.8) is 0 Å². The van der Waals surface area contributed by atoms with Gasteiger partial charge in [-0.3, -0.25) is 9.59 Å². The second kappa shape index (κ2) is 8.56. The Hall–Kier alpha value is -2.67. The van der Waals surface area contributed by atoms with E-state index in [9.17, 15) is 14.4 Å². The van der Waals surface area contributed by atoms with E-state index in [2.05, 4.69) is 16.7 Å². The van der Waals surface area contributed by atoms with Gasteiger partial charge in [0.2, 0.25) is 5.91 Å². The Bertz CT molecular complexity index is 919. The lowest BCUT2D eigenvalue weighted by atomic mass is 9.88. The molecule has 0 spiro atoms. The van der Waals surface area contributed by atoms with Gasteiger partial charge in [0.25, 0.3) is 5.91 Å². The summed E-state index contributed by atoms with van der Waals surface area (Å²) in [4.78, 5) is 37.2. The lowest BCUT2D eigenvalue weighted by Crippen LogP contribution is -2.34. The molecular weight excluding hydrogens is 376 g/mol. The van der Waals surface area contributed by atoms with Crippen LogP contribution in [0.2, 0.25) is 0 Å². The quantitative estimate of drug-likeness (QED) is 0.750. The number of hydrogen-bond acceptors (Lipinski definition) is 5. The Morgan fingerprint density at radius 3 is 2.71 bits per heavy atom. The predicted molar refractivity (Wildman–Crippen MR) is 109 cm³/mol. The number of anilines is 1. The number of thiophene rings is 1. The summed E-state index contributed by atoms with van der Waals surface area (Å²) in [5.41, 5.74) is 3.44. The summed E-state index contributed by atoms with van der Waals surface area (Å²) in [6, 6.07) is 8.02. The van der Waals surface area contributed by atoms with Crippen molar-refractivity contribution in [1.29, 1.82) is 0 Å². The molecule has 1 aromatic heterocycles. The third-order valence-corrected chi connectivity index (χ3v) is 6.04. The molecule has 1 aromatic carbocycles. The van der Waals surface area contributed by atoms with E-state index in [1.165, 1.54) is 23.8 Å². The number of rotatable bonds is 5. The number of hydrogen-bond donors (Lipinski definition) is 2. The molecule has 7 heteroatoms. The van der Waals surface area contributed by atoms with Crippen molar-refractivity contribution in [3.8, 4) is 0 Å². The van der Waals surface area contributed by atoms with Crippen molar-refractivity contribution < 1.29 is 19.1 Å². The predicted octanol–water partition coefficient (Wildman–Crippen LogP) is 3.67. The van der Waals surface area contributed by atoms with Crippen LogP contribution < -0.4 is 10.6 Å². The van der Waals surface area contributed by atoms with Gasteiger partial charge in [-0.05, 0) is 49.8 Å². The Morgan fingerprint density at radius 2 is 1.96 bits per heavy atom. The van der Waals surface area contributed by atoms with Crippen molar-refractivity contribution in [2.75, 3.05) is 11.9 Å². The molecule has 1 aliphatic carbocycles. The van der Waals surface area contributed by atoms with Crippen molar-refractivity contribution >= 4 is 34.1 Å². The molecule has 0 saturated carbocycles. The SMILES string of the molecule is CC(=O)Nc1sc(C)c(C)c1C(=O)OCC(=O)N[C@@H]1CCCc2ccccc21. The highest BCUT2D eigenvalue weighted by Gasteiger charge is 2.24. The van der Waals surface area contributed by atoms with Crippen LogP contribution in [0.3, 0.4) is 0 Å². The first-order valence-corrected chi connectivity index (χ1v) is 10.1. The highest BCUT2D eigenvalue weighted by atomic mass is 32.1. The third kappa shape index (κ3) is 4.42. The number of aryl methyl sites for hydroxylation is 2. The Morgan fingerprint density at radius 1 is 1.21 bits per heavy atom. The average Bonchev–Trinajstić information content (AvgIpc) is 2.93. The van der Waals surface area contributed by atoms with Crippen molar-refractivity contribution in [2.45, 2.75) is 46.1 Å². The molecule has 6 nitrogen and oxygen atoms in total. The summed E-state index contributed by atoms with van der Waals surface area (Å²) in [6.45, 7) is 4.70. The Kier molecular flexibility index (Phi) is 6.14. The normalized spacial score (nSPS) is 15.5. The minimum absolute atomic E-state index is 0.0591. The maximum absolute atomic E-state index is 12.5. The molecular formula is C21H24N2O4S. The van der Waals surface area contributed by atoms with E-state index in [0.717, 1.165) is 35.3 Å². The summed E-state index contributed by atoms with van der Waals surface area (Å²) in [5.74, 6) is -1.20. The van der Waals surface area contributed by atoms with Gasteiger partial charge >= 0.3 is 5.97 Å². The minimum atomic E-state index is -0.607. The molecule has 0 radical (unpaired) electrons. The molecule has 3 rings (SSSR count). The van der Waals surface area contributed by atoms with Gasteiger partial charge in [0.15, 0.2) is 6.61 Å². The topological polar surface area (TPSA) is 84.5 Å². The number of benzene rings is 1. The fourth-order valence-corrected chi connectivity index (χ4v) is 4.56. The first-order chi connectivity index (χ1) is 13.4. The standard InChI is InChI=1S/C21H24N2O4S/c1-12-13(2)28-20(22-14(3)24)19(12)21(26)27-11-18(25)23-17-10-6-8-15-7-4-5-9-16(15)17/h4-5,7,9,17H,6,8,10-11H2,1-3H3,(H,22,24)(H,23,25)/t17-/m1/s1. The first kappa shape index (κ1) is 20.1. The van der Waals surface area contributed by atoms with Gasteiger partial charge in [-0.1, -0.05) is 24.3 Å². The fraction of sp³-hybridized carbons (Fsp3) is 0.381. The number of carbonyl (C=O) groups is 3. The summed E-state index contributed by atoms with van der Waals surface area (Å²) in [7, 11) is 0. The summed E-state index contributed by atoms with van der Waals surface area (Å²) in [6.07, 6.45) is 2.89. The van der Waals surface area contributed by atoms with Gasteiger partial charge in [-0.2, -0.15) is 0 Å². The summed E-state index contributed by atoms with van der Waals surface area (Å²) in [5, 5.41) is 6.08. The van der Waals surface area contributed by atoms with Crippen LogP contribution in [0.5, 0.6) is 0 Å². The van der Waals surface area contributed by atoms with Crippen LogP contribution in [-0.4, -0.2) is 24.4 Å². The highest BCUT2D eigenvalue weighted by Crippen LogP contribution is 2.33. The van der Waals surface area contributed by atoms with Crippen LogP contribution >= 0.6 is 11.3 Å². The Labute approximate surface area is 168 Å². The molecule has 148 valence electrons. The van der Waals surface area contributed by atoms with Crippen molar-refractivity contribution in [2.24, 2.45) is 0 Å². The van der Waals surface area contributed by atoms with E-state index < -0.39 is 5.97 Å². The minimum Gasteiger partial charge on any atom is -0.452 e. The number of ether oxygens (including phenoxy) is 1. The summed E-state index contributed by atoms with van der Waals surface area (Å²) >= 11 is 1.32. The molecule has 28 heavy (non-hydrogen) atoms. The van der Waals surface area contributed by atoms with Gasteiger partial charge < -0.3 is 15.4 Å². The van der Waals surface area contributed by atoms with Gasteiger partial charge in [0, 0.05) is 11.8 Å². The molecule has 1 aliphatic rings. The van der Waals surface area contributed by atoms with Crippen LogP contribution in [0, 0.1) is 13.8 Å². The average molecular weight is 401 g/mol. The molecule has 0 saturated heterocycles. The molecule has 1 heterocycles. The summed E-state index contributed by atoms with van der Waals surface area (Å²) < 4.78 is 5.24. The van der Waals surface area contributed by atoms with E-state index in [4.69, 9.17) is 4.74 Å². The fourth-order valence-electron chi connectivity index (χ4n) is 3.46. The van der Waals surface area contributed by atoms with Crippen molar-refractivity contribution in [3.05, 3.63) is 51.4 Å². The number of fused-ring (bicyclic) bond motifs is 1. The van der Waals surface area contributed by atoms with E-state index in [0.29, 0.717) is 10.6 Å². The number of nitrogens with one attached hydrogen (secondary N) is 2. The second-order valence-electron chi connectivity index (χ2n) is 6.96. The molecule has 0 bridgehead atoms. The monoisotopic (exact) mass is 400 g/mol. The lowest BCUT2D eigenvalue weighted by Gasteiger charge is -2.26. The van der Waals surface area contributed by atoms with Crippen LogP contribution in [0.25, 0.3) is 0 Å². The van der Waals surface area contributed by atoms with Gasteiger partial charge in [-0.25, -0.2) is 4.79 Å². The molecule has 2 aromatic rings. The van der Waals surface area contributed by atoms with Gasteiger partial charge in [-0.15, -0.1) is 11.3 Å². The number of amides is 2. The lowest BCUT2D eigenvalue weighted by molar-refractivity contribution is -0.125. The number of esters is 1. The van der Waals surface area contributed by atoms with Crippen LogP contribution in [0.15, 0.2) is 24.3 Å².